The number of nitrogens with one attached hydrogen (secondary N) is 2. The number of hydrogen-bond donors (Lipinski definition) is 2. The molecule has 0 heterocycles. The van der Waals surface area contributed by atoms with Gasteiger partial charge in [-0.2, -0.15) is 0 Å². The first-order chi connectivity index (χ1) is 9.17. The zero-order valence-corrected chi connectivity index (χ0v) is 14.3. The molecule has 0 radical (unpaired) electrons. The monoisotopic (exact) mass is 342 g/mol. The van der Waals surface area contributed by atoms with Crippen LogP contribution >= 0.6 is 15.9 Å². The van der Waals surface area contributed by atoms with Crippen LogP contribution < -0.4 is 10.6 Å². The van der Waals surface area contributed by atoms with Gasteiger partial charge in [0, 0.05) is 22.7 Å². The zero-order chi connectivity index (χ0) is 15.3. The highest BCUT2D eigenvalue weighted by Crippen LogP contribution is 2.19. The van der Waals surface area contributed by atoms with Crippen LogP contribution in [0.3, 0.4) is 0 Å². The van der Waals surface area contributed by atoms with Gasteiger partial charge in [0.1, 0.15) is 5.60 Å². The Hall–Kier alpha value is -1.23. The van der Waals surface area contributed by atoms with Crippen molar-refractivity contribution < 1.29 is 9.53 Å². The normalized spacial score (nSPS) is 12.7. The minimum absolute atomic E-state index is 0.0205. The lowest BCUT2D eigenvalue weighted by molar-refractivity contribution is 0.0511. The number of alkyl carbamates (subject to hydrolysis) is 1. The average molecular weight is 343 g/mol. The summed E-state index contributed by atoms with van der Waals surface area (Å²) in [6.07, 6.45) is -0.390. The van der Waals surface area contributed by atoms with E-state index in [0.29, 0.717) is 6.54 Å². The van der Waals surface area contributed by atoms with E-state index in [-0.39, 0.29) is 12.1 Å². The van der Waals surface area contributed by atoms with Crippen molar-refractivity contribution in [2.45, 2.75) is 46.3 Å². The summed E-state index contributed by atoms with van der Waals surface area (Å²) in [5.74, 6) is 0. The Morgan fingerprint density at radius 2 is 2.05 bits per heavy atom. The van der Waals surface area contributed by atoms with E-state index in [1.807, 2.05) is 52.8 Å². The van der Waals surface area contributed by atoms with Crippen molar-refractivity contribution in [1.29, 1.82) is 0 Å². The van der Waals surface area contributed by atoms with Crippen molar-refractivity contribution in [2.75, 3.05) is 11.9 Å². The fourth-order valence-electron chi connectivity index (χ4n) is 1.65. The average Bonchev–Trinajstić information content (AvgIpc) is 2.24. The predicted octanol–water partition coefficient (Wildman–Crippen LogP) is 4.08. The van der Waals surface area contributed by atoms with Gasteiger partial charge in [0.15, 0.2) is 0 Å². The number of carbonyl (C=O) groups is 1. The summed E-state index contributed by atoms with van der Waals surface area (Å²) in [5, 5.41) is 6.12. The van der Waals surface area contributed by atoms with Crippen LogP contribution in [0.1, 0.15) is 33.3 Å². The molecule has 1 amide bonds. The molecule has 4 nitrogen and oxygen atoms in total. The first-order valence-electron chi connectivity index (χ1n) is 6.67. The van der Waals surface area contributed by atoms with Crippen LogP contribution in [0, 0.1) is 6.92 Å². The molecule has 2 N–H and O–H groups in total. The third kappa shape index (κ3) is 6.28. The third-order valence-corrected chi connectivity index (χ3v) is 3.04. The molecule has 1 aromatic carbocycles. The van der Waals surface area contributed by atoms with Crippen molar-refractivity contribution >= 4 is 27.7 Å². The van der Waals surface area contributed by atoms with Gasteiger partial charge >= 0.3 is 6.09 Å². The minimum atomic E-state index is -0.473. The summed E-state index contributed by atoms with van der Waals surface area (Å²) in [4.78, 5) is 11.6. The Balaban J connectivity index is 2.43. The number of benzene rings is 1. The van der Waals surface area contributed by atoms with E-state index in [9.17, 15) is 4.79 Å². The van der Waals surface area contributed by atoms with E-state index < -0.39 is 5.60 Å². The van der Waals surface area contributed by atoms with Crippen molar-refractivity contribution in [1.82, 2.24) is 5.32 Å². The molecular weight excluding hydrogens is 320 g/mol. The molecule has 20 heavy (non-hydrogen) atoms. The van der Waals surface area contributed by atoms with E-state index >= 15 is 0 Å². The lowest BCUT2D eigenvalue weighted by Gasteiger charge is -2.22. The summed E-state index contributed by atoms with van der Waals surface area (Å²) in [6, 6.07) is 6.03. The molecule has 0 aliphatic rings. The standard InChI is InChI=1S/C15H23BrN2O2/c1-10-8-12(16)6-7-13(10)17-9-11(2)18-14(19)20-15(3,4)5/h6-8,11,17H,9H2,1-5H3,(H,18,19). The van der Waals surface area contributed by atoms with Crippen LogP contribution in [0.5, 0.6) is 0 Å². The van der Waals surface area contributed by atoms with E-state index in [1.165, 1.54) is 0 Å². The molecule has 0 bridgehead atoms. The molecule has 1 unspecified atom stereocenters. The second kappa shape index (κ2) is 6.97. The Labute approximate surface area is 129 Å². The number of rotatable bonds is 4. The Kier molecular flexibility index (Phi) is 5.87. The van der Waals surface area contributed by atoms with Crippen LogP contribution in [0.15, 0.2) is 22.7 Å². The number of hydrogen-bond acceptors (Lipinski definition) is 3. The first kappa shape index (κ1) is 16.8. The number of amides is 1. The highest BCUT2D eigenvalue weighted by molar-refractivity contribution is 9.10. The first-order valence-corrected chi connectivity index (χ1v) is 7.46. The quantitative estimate of drug-likeness (QED) is 0.866. The van der Waals surface area contributed by atoms with E-state index in [4.69, 9.17) is 4.74 Å². The summed E-state index contributed by atoms with van der Waals surface area (Å²) in [6.45, 7) is 10.2. The fourth-order valence-corrected chi connectivity index (χ4v) is 2.12. The van der Waals surface area contributed by atoms with Gasteiger partial charge in [0.2, 0.25) is 0 Å². The molecule has 0 spiro atoms. The predicted molar refractivity (Wildman–Crippen MR) is 86.2 cm³/mol. The molecule has 0 saturated heterocycles. The van der Waals surface area contributed by atoms with E-state index in [1.54, 1.807) is 0 Å². The van der Waals surface area contributed by atoms with Gasteiger partial charge in [-0.05, 0) is 58.4 Å². The Morgan fingerprint density at radius 1 is 1.40 bits per heavy atom. The van der Waals surface area contributed by atoms with Crippen molar-refractivity contribution in [3.63, 3.8) is 0 Å². The van der Waals surface area contributed by atoms with Crippen LogP contribution in [0.4, 0.5) is 10.5 Å². The summed E-state index contributed by atoms with van der Waals surface area (Å²) in [5.41, 5.74) is 1.74. The zero-order valence-electron chi connectivity index (χ0n) is 12.7. The Bertz CT molecular complexity index is 469. The highest BCUT2D eigenvalue weighted by Gasteiger charge is 2.17. The molecule has 1 rings (SSSR count). The summed E-state index contributed by atoms with van der Waals surface area (Å²) in [7, 11) is 0. The second-order valence-electron chi connectivity index (χ2n) is 5.89. The van der Waals surface area contributed by atoms with Gasteiger partial charge in [0.05, 0.1) is 0 Å². The molecule has 112 valence electrons. The Morgan fingerprint density at radius 3 is 2.60 bits per heavy atom. The smallest absolute Gasteiger partial charge is 0.407 e. The van der Waals surface area contributed by atoms with Crippen molar-refractivity contribution in [2.24, 2.45) is 0 Å². The lowest BCUT2D eigenvalue weighted by atomic mass is 10.2. The maximum atomic E-state index is 11.6. The summed E-state index contributed by atoms with van der Waals surface area (Å²) >= 11 is 3.44. The molecule has 0 saturated carbocycles. The topological polar surface area (TPSA) is 50.4 Å². The van der Waals surface area contributed by atoms with Crippen LogP contribution in [0.2, 0.25) is 0 Å². The van der Waals surface area contributed by atoms with Crippen LogP contribution in [-0.2, 0) is 4.74 Å². The third-order valence-electron chi connectivity index (χ3n) is 2.55. The van der Waals surface area contributed by atoms with Gasteiger partial charge in [0.25, 0.3) is 0 Å². The molecule has 0 aromatic heterocycles. The largest absolute Gasteiger partial charge is 0.444 e. The van der Waals surface area contributed by atoms with Crippen molar-refractivity contribution in [3.05, 3.63) is 28.2 Å². The van der Waals surface area contributed by atoms with E-state index in [0.717, 1.165) is 15.7 Å². The van der Waals surface area contributed by atoms with Gasteiger partial charge < -0.3 is 15.4 Å². The van der Waals surface area contributed by atoms with Gasteiger partial charge in [-0.25, -0.2) is 4.79 Å². The van der Waals surface area contributed by atoms with Gasteiger partial charge in [-0.15, -0.1) is 0 Å². The minimum Gasteiger partial charge on any atom is -0.444 e. The summed E-state index contributed by atoms with van der Waals surface area (Å²) < 4.78 is 6.27. The fraction of sp³-hybridized carbons (Fsp3) is 0.533. The number of anilines is 1. The van der Waals surface area contributed by atoms with Crippen LogP contribution in [-0.4, -0.2) is 24.3 Å². The highest BCUT2D eigenvalue weighted by atomic mass is 79.9. The van der Waals surface area contributed by atoms with Gasteiger partial charge in [-0.1, -0.05) is 15.9 Å². The molecule has 1 atom stereocenters. The van der Waals surface area contributed by atoms with E-state index in [2.05, 4.69) is 26.6 Å². The second-order valence-corrected chi connectivity index (χ2v) is 6.80. The van der Waals surface area contributed by atoms with Crippen molar-refractivity contribution in [3.8, 4) is 0 Å². The number of aryl methyl sites for hydroxylation is 1. The van der Waals surface area contributed by atoms with Gasteiger partial charge in [-0.3, -0.25) is 0 Å². The lowest BCUT2D eigenvalue weighted by Crippen LogP contribution is -2.40. The number of halogens is 1. The molecule has 0 fully saturated rings. The van der Waals surface area contributed by atoms with Crippen LogP contribution in [0.25, 0.3) is 0 Å². The number of carbonyl (C=O) groups excluding carboxylic acids is 1. The molecule has 0 aliphatic heterocycles. The number of ether oxygens (including phenoxy) is 1. The maximum Gasteiger partial charge on any atom is 0.407 e. The SMILES string of the molecule is Cc1cc(Br)ccc1NCC(C)NC(=O)OC(C)(C)C. The maximum absolute atomic E-state index is 11.6. The molecular formula is C15H23BrN2O2. The molecule has 5 heteroatoms. The molecule has 0 aliphatic carbocycles. The molecule has 1 aromatic rings.